The van der Waals surface area contributed by atoms with Crippen molar-refractivity contribution in [1.82, 2.24) is 4.31 Å². The fourth-order valence-electron chi connectivity index (χ4n) is 3.11. The molecule has 0 atom stereocenters. The van der Waals surface area contributed by atoms with E-state index in [1.54, 1.807) is 6.07 Å². The van der Waals surface area contributed by atoms with Crippen molar-refractivity contribution in [3.63, 3.8) is 0 Å². The molecule has 0 N–H and O–H groups in total. The number of hydrogen-bond donors (Lipinski definition) is 0. The van der Waals surface area contributed by atoms with Crippen LogP contribution >= 0.6 is 0 Å². The lowest BCUT2D eigenvalue weighted by Gasteiger charge is -2.26. The van der Waals surface area contributed by atoms with E-state index in [-0.39, 0.29) is 23.4 Å². The normalized spacial score (nSPS) is 15.1. The number of carbonyl (C=O) groups is 1. The molecule has 0 bridgehead atoms. The van der Waals surface area contributed by atoms with Gasteiger partial charge < -0.3 is 4.74 Å². The Bertz CT molecular complexity index is 1030. The predicted molar refractivity (Wildman–Crippen MR) is 101 cm³/mol. The highest BCUT2D eigenvalue weighted by Crippen LogP contribution is 2.25. The summed E-state index contributed by atoms with van der Waals surface area (Å²) in [5, 5.41) is 11.0. The summed E-state index contributed by atoms with van der Waals surface area (Å²) < 4.78 is 46.0. The number of benzene rings is 2. The standard InChI is InChI=1S/C19H19FN2O6S/c20-16-9-8-14(12-18(16)29(26,27)21-10-4-1-5-11-21)19(23)28-13-15-6-2-3-7-17(15)22(24)25/h2-3,6-9,12H,1,4-5,10-11,13H2. The van der Waals surface area contributed by atoms with Gasteiger partial charge in [-0.05, 0) is 37.1 Å². The molecule has 29 heavy (non-hydrogen) atoms. The molecule has 154 valence electrons. The summed E-state index contributed by atoms with van der Waals surface area (Å²) in [5.74, 6) is -1.86. The molecule has 0 amide bonds. The summed E-state index contributed by atoms with van der Waals surface area (Å²) in [5.41, 5.74) is -0.164. The number of para-hydroxylation sites is 1. The van der Waals surface area contributed by atoms with Crippen molar-refractivity contribution in [3.8, 4) is 0 Å². The van der Waals surface area contributed by atoms with Crippen LogP contribution in [0.4, 0.5) is 10.1 Å². The number of ether oxygens (including phenoxy) is 1. The highest BCUT2D eigenvalue weighted by atomic mass is 32.2. The lowest BCUT2D eigenvalue weighted by Crippen LogP contribution is -2.36. The molecule has 2 aromatic carbocycles. The van der Waals surface area contributed by atoms with Gasteiger partial charge in [0.2, 0.25) is 10.0 Å². The first-order valence-corrected chi connectivity index (χ1v) is 10.4. The second-order valence-corrected chi connectivity index (χ2v) is 8.48. The number of rotatable bonds is 6. The molecule has 10 heteroatoms. The van der Waals surface area contributed by atoms with Crippen LogP contribution in [0.2, 0.25) is 0 Å². The molecule has 1 aliphatic heterocycles. The molecule has 0 unspecified atom stereocenters. The summed E-state index contributed by atoms with van der Waals surface area (Å²) in [6.45, 7) is 0.226. The molecular weight excluding hydrogens is 403 g/mol. The molecule has 0 aliphatic carbocycles. The van der Waals surface area contributed by atoms with E-state index in [0.717, 1.165) is 24.6 Å². The van der Waals surface area contributed by atoms with E-state index in [9.17, 15) is 27.7 Å². The Labute approximate surface area is 167 Å². The lowest BCUT2D eigenvalue weighted by molar-refractivity contribution is -0.385. The smallest absolute Gasteiger partial charge is 0.338 e. The Morgan fingerprint density at radius 1 is 1.14 bits per heavy atom. The van der Waals surface area contributed by atoms with E-state index >= 15 is 0 Å². The molecular formula is C19H19FN2O6S. The Hall–Kier alpha value is -2.85. The topological polar surface area (TPSA) is 107 Å². The number of nitro benzene ring substituents is 1. The van der Waals surface area contributed by atoms with E-state index in [2.05, 4.69) is 0 Å². The van der Waals surface area contributed by atoms with E-state index < -0.39 is 31.6 Å². The van der Waals surface area contributed by atoms with Crippen LogP contribution in [-0.2, 0) is 21.4 Å². The quantitative estimate of drug-likeness (QED) is 0.402. The average Bonchev–Trinajstić information content (AvgIpc) is 2.73. The van der Waals surface area contributed by atoms with Gasteiger partial charge in [0.1, 0.15) is 17.3 Å². The number of esters is 1. The van der Waals surface area contributed by atoms with Crippen LogP contribution in [0.3, 0.4) is 0 Å². The summed E-state index contributed by atoms with van der Waals surface area (Å²) >= 11 is 0. The summed E-state index contributed by atoms with van der Waals surface area (Å²) in [6, 6.07) is 8.75. The van der Waals surface area contributed by atoms with Crippen molar-refractivity contribution in [2.75, 3.05) is 13.1 Å². The number of nitro groups is 1. The first kappa shape index (κ1) is 20.9. The van der Waals surface area contributed by atoms with E-state index in [1.807, 2.05) is 0 Å². The number of carbonyl (C=O) groups excluding carboxylic acids is 1. The molecule has 1 heterocycles. The number of hydrogen-bond acceptors (Lipinski definition) is 6. The van der Waals surface area contributed by atoms with Gasteiger partial charge in [-0.3, -0.25) is 10.1 Å². The van der Waals surface area contributed by atoms with Gasteiger partial charge in [0.25, 0.3) is 5.69 Å². The maximum atomic E-state index is 14.2. The highest BCUT2D eigenvalue weighted by Gasteiger charge is 2.29. The van der Waals surface area contributed by atoms with Gasteiger partial charge in [-0.15, -0.1) is 0 Å². The van der Waals surface area contributed by atoms with Gasteiger partial charge in [-0.2, -0.15) is 4.31 Å². The van der Waals surface area contributed by atoms with Crippen LogP contribution < -0.4 is 0 Å². The highest BCUT2D eigenvalue weighted by molar-refractivity contribution is 7.89. The summed E-state index contributed by atoms with van der Waals surface area (Å²) in [4.78, 5) is 22.2. The predicted octanol–water partition coefficient (Wildman–Crippen LogP) is 3.27. The van der Waals surface area contributed by atoms with Gasteiger partial charge in [-0.1, -0.05) is 18.6 Å². The van der Waals surface area contributed by atoms with Gasteiger partial charge >= 0.3 is 5.97 Å². The molecule has 0 spiro atoms. The number of sulfonamides is 1. The van der Waals surface area contributed by atoms with Gasteiger partial charge in [-0.25, -0.2) is 17.6 Å². The molecule has 8 nitrogen and oxygen atoms in total. The minimum absolute atomic E-state index is 0.152. The third-order valence-electron chi connectivity index (χ3n) is 4.65. The van der Waals surface area contributed by atoms with Gasteiger partial charge in [0, 0.05) is 19.2 Å². The maximum Gasteiger partial charge on any atom is 0.338 e. The molecule has 2 aromatic rings. The number of piperidine rings is 1. The molecule has 0 aromatic heterocycles. The van der Waals surface area contributed by atoms with Crippen LogP contribution in [0.15, 0.2) is 47.4 Å². The van der Waals surface area contributed by atoms with E-state index in [0.29, 0.717) is 25.9 Å². The van der Waals surface area contributed by atoms with E-state index in [4.69, 9.17) is 4.74 Å². The molecule has 1 saturated heterocycles. The fraction of sp³-hybridized carbons (Fsp3) is 0.316. The Morgan fingerprint density at radius 2 is 1.83 bits per heavy atom. The number of nitrogens with zero attached hydrogens (tertiary/aromatic N) is 2. The first-order valence-electron chi connectivity index (χ1n) is 9.00. The minimum atomic E-state index is -4.07. The zero-order chi connectivity index (χ0) is 21.0. The fourth-order valence-corrected chi connectivity index (χ4v) is 4.72. The zero-order valence-corrected chi connectivity index (χ0v) is 16.2. The third-order valence-corrected chi connectivity index (χ3v) is 6.56. The van der Waals surface area contributed by atoms with Crippen molar-refractivity contribution in [2.24, 2.45) is 0 Å². The SMILES string of the molecule is O=C(OCc1ccccc1[N+](=O)[O-])c1ccc(F)c(S(=O)(=O)N2CCCCC2)c1. The van der Waals surface area contributed by atoms with Crippen molar-refractivity contribution in [2.45, 2.75) is 30.8 Å². The van der Waals surface area contributed by atoms with E-state index in [1.165, 1.54) is 22.5 Å². The molecule has 3 rings (SSSR count). The summed E-state index contributed by atoms with van der Waals surface area (Å²) in [7, 11) is -4.07. The minimum Gasteiger partial charge on any atom is -0.457 e. The van der Waals surface area contributed by atoms with Gasteiger partial charge in [0.05, 0.1) is 16.1 Å². The van der Waals surface area contributed by atoms with Crippen molar-refractivity contribution in [1.29, 1.82) is 0 Å². The Morgan fingerprint density at radius 3 is 2.52 bits per heavy atom. The second-order valence-electron chi connectivity index (χ2n) is 6.57. The van der Waals surface area contributed by atoms with Crippen molar-refractivity contribution in [3.05, 3.63) is 69.5 Å². The second kappa shape index (κ2) is 8.66. The largest absolute Gasteiger partial charge is 0.457 e. The molecule has 1 aliphatic rings. The Balaban J connectivity index is 1.80. The van der Waals surface area contributed by atoms with Crippen molar-refractivity contribution >= 4 is 21.7 Å². The molecule has 0 radical (unpaired) electrons. The summed E-state index contributed by atoms with van der Waals surface area (Å²) in [6.07, 6.45) is 2.30. The van der Waals surface area contributed by atoms with Crippen LogP contribution in [-0.4, -0.2) is 36.7 Å². The van der Waals surface area contributed by atoms with Crippen LogP contribution in [0.25, 0.3) is 0 Å². The monoisotopic (exact) mass is 422 g/mol. The van der Waals surface area contributed by atoms with Crippen LogP contribution in [0.1, 0.15) is 35.2 Å². The van der Waals surface area contributed by atoms with Crippen molar-refractivity contribution < 1.29 is 27.3 Å². The molecule has 1 fully saturated rings. The van der Waals surface area contributed by atoms with Gasteiger partial charge in [0.15, 0.2) is 0 Å². The maximum absolute atomic E-state index is 14.2. The average molecular weight is 422 g/mol. The first-order chi connectivity index (χ1) is 13.8. The molecule has 0 saturated carbocycles. The van der Waals surface area contributed by atoms with Crippen LogP contribution in [0, 0.1) is 15.9 Å². The third kappa shape index (κ3) is 4.60. The lowest BCUT2D eigenvalue weighted by atomic mass is 10.2. The Kier molecular flexibility index (Phi) is 6.23. The number of halogens is 1. The zero-order valence-electron chi connectivity index (χ0n) is 15.4. The van der Waals surface area contributed by atoms with Crippen LogP contribution in [0.5, 0.6) is 0 Å².